The summed E-state index contributed by atoms with van der Waals surface area (Å²) < 4.78 is 4.99. The van der Waals surface area contributed by atoms with Crippen LogP contribution in [0.15, 0.2) is 24.3 Å². The van der Waals surface area contributed by atoms with E-state index >= 15 is 0 Å². The largest absolute Gasteiger partial charge is 0.462 e. The summed E-state index contributed by atoms with van der Waals surface area (Å²) in [6, 6.07) is 7.13. The van der Waals surface area contributed by atoms with Crippen LogP contribution in [0.25, 0.3) is 0 Å². The summed E-state index contributed by atoms with van der Waals surface area (Å²) in [6.07, 6.45) is 1.29. The van der Waals surface area contributed by atoms with E-state index in [1.165, 1.54) is 0 Å². The molecule has 1 aromatic carbocycles. The van der Waals surface area contributed by atoms with Gasteiger partial charge in [-0.3, -0.25) is 4.79 Å². The molecule has 0 saturated heterocycles. The van der Waals surface area contributed by atoms with Gasteiger partial charge in [-0.05, 0) is 25.5 Å². The highest BCUT2D eigenvalue weighted by molar-refractivity contribution is 5.95. The topological polar surface area (TPSA) is 67.4 Å². The van der Waals surface area contributed by atoms with E-state index in [2.05, 4.69) is 10.6 Å². The van der Waals surface area contributed by atoms with Crippen molar-refractivity contribution >= 4 is 17.6 Å². The molecule has 5 heteroatoms. The molecule has 0 aliphatic heterocycles. The number of carbonyl (C=O) groups excluding carboxylic acids is 2. The van der Waals surface area contributed by atoms with E-state index in [4.69, 9.17) is 4.74 Å². The van der Waals surface area contributed by atoms with Gasteiger partial charge in [0.1, 0.15) is 0 Å². The van der Waals surface area contributed by atoms with Gasteiger partial charge in [0.25, 0.3) is 0 Å². The molecule has 20 heavy (non-hydrogen) atoms. The fraction of sp³-hybridized carbons (Fsp3) is 0.467. The van der Waals surface area contributed by atoms with Crippen LogP contribution in [0.2, 0.25) is 0 Å². The number of nitrogens with one attached hydrogen (secondary N) is 2. The third-order valence-corrected chi connectivity index (χ3v) is 2.66. The van der Waals surface area contributed by atoms with E-state index in [0.717, 1.165) is 6.42 Å². The minimum Gasteiger partial charge on any atom is -0.462 e. The zero-order chi connectivity index (χ0) is 14.8. The van der Waals surface area contributed by atoms with Gasteiger partial charge < -0.3 is 15.4 Å². The van der Waals surface area contributed by atoms with Gasteiger partial charge in [-0.1, -0.05) is 19.1 Å². The number of ether oxygens (including phenoxy) is 1. The van der Waals surface area contributed by atoms with E-state index < -0.39 is 0 Å². The number of hydrogen-bond donors (Lipinski definition) is 2. The summed E-state index contributed by atoms with van der Waals surface area (Å²) in [5.74, 6) is -0.348. The Kier molecular flexibility index (Phi) is 7.17. The normalized spacial score (nSPS) is 9.90. The molecule has 2 N–H and O–H groups in total. The van der Waals surface area contributed by atoms with Crippen LogP contribution in [0.1, 0.15) is 37.0 Å². The van der Waals surface area contributed by atoms with Crippen molar-refractivity contribution in [3.8, 4) is 0 Å². The second kappa shape index (κ2) is 8.96. The number of rotatable bonds is 8. The molecule has 0 fully saturated rings. The maximum atomic E-state index is 11.8. The van der Waals surface area contributed by atoms with Crippen LogP contribution in [0.4, 0.5) is 5.69 Å². The molecule has 0 unspecified atom stereocenters. The number of esters is 1. The van der Waals surface area contributed by atoms with E-state index in [1.807, 2.05) is 13.0 Å². The minimum absolute atomic E-state index is 0.00738. The van der Waals surface area contributed by atoms with Crippen molar-refractivity contribution in [2.45, 2.75) is 26.7 Å². The molecular formula is C15H22N2O3. The van der Waals surface area contributed by atoms with E-state index in [0.29, 0.717) is 37.4 Å². The predicted octanol–water partition coefficient (Wildman–Crippen LogP) is 2.19. The van der Waals surface area contributed by atoms with Crippen molar-refractivity contribution in [2.24, 2.45) is 0 Å². The van der Waals surface area contributed by atoms with Gasteiger partial charge in [-0.15, -0.1) is 0 Å². The van der Waals surface area contributed by atoms with Crippen LogP contribution in [0.3, 0.4) is 0 Å². The molecular weight excluding hydrogens is 256 g/mol. The third-order valence-electron chi connectivity index (χ3n) is 2.66. The first-order chi connectivity index (χ1) is 9.69. The lowest BCUT2D eigenvalue weighted by molar-refractivity contribution is -0.120. The Morgan fingerprint density at radius 1 is 1.15 bits per heavy atom. The van der Waals surface area contributed by atoms with Gasteiger partial charge >= 0.3 is 5.97 Å². The first-order valence-corrected chi connectivity index (χ1v) is 6.95. The highest BCUT2D eigenvalue weighted by atomic mass is 16.5. The first kappa shape index (κ1) is 16.0. The SMILES string of the molecule is CCCNC(=O)CCNc1ccccc1C(=O)OCC. The van der Waals surface area contributed by atoms with Crippen LogP contribution in [-0.2, 0) is 9.53 Å². The Balaban J connectivity index is 2.51. The number of para-hydroxylation sites is 1. The standard InChI is InChI=1S/C15H22N2O3/c1-3-10-17-14(18)9-11-16-13-8-6-5-7-12(13)15(19)20-4-2/h5-8,16H,3-4,9-11H2,1-2H3,(H,17,18). The summed E-state index contributed by atoms with van der Waals surface area (Å²) >= 11 is 0. The van der Waals surface area contributed by atoms with Crippen molar-refractivity contribution in [3.05, 3.63) is 29.8 Å². The van der Waals surface area contributed by atoms with Gasteiger partial charge in [0, 0.05) is 25.2 Å². The average molecular weight is 278 g/mol. The summed E-state index contributed by atoms with van der Waals surface area (Å²) in [7, 11) is 0. The maximum Gasteiger partial charge on any atom is 0.340 e. The molecule has 1 aromatic rings. The number of benzene rings is 1. The summed E-state index contributed by atoms with van der Waals surface area (Å²) in [5.41, 5.74) is 1.18. The van der Waals surface area contributed by atoms with Gasteiger partial charge in [-0.25, -0.2) is 4.79 Å². The van der Waals surface area contributed by atoms with E-state index in [9.17, 15) is 9.59 Å². The number of anilines is 1. The van der Waals surface area contributed by atoms with Crippen LogP contribution in [-0.4, -0.2) is 31.6 Å². The van der Waals surface area contributed by atoms with Crippen molar-refractivity contribution in [1.29, 1.82) is 0 Å². The monoisotopic (exact) mass is 278 g/mol. The Hall–Kier alpha value is -2.04. The van der Waals surface area contributed by atoms with Crippen molar-refractivity contribution in [2.75, 3.05) is 25.0 Å². The van der Waals surface area contributed by atoms with Gasteiger partial charge in [0.15, 0.2) is 0 Å². The zero-order valence-corrected chi connectivity index (χ0v) is 12.1. The molecule has 1 amide bonds. The molecule has 0 atom stereocenters. The molecule has 0 radical (unpaired) electrons. The lowest BCUT2D eigenvalue weighted by Gasteiger charge is -2.11. The molecule has 0 aliphatic carbocycles. The lowest BCUT2D eigenvalue weighted by Crippen LogP contribution is -2.26. The van der Waals surface area contributed by atoms with Gasteiger partial charge in [-0.2, -0.15) is 0 Å². The lowest BCUT2D eigenvalue weighted by atomic mass is 10.1. The van der Waals surface area contributed by atoms with Crippen LogP contribution < -0.4 is 10.6 Å². The number of carbonyl (C=O) groups is 2. The van der Waals surface area contributed by atoms with Crippen LogP contribution in [0, 0.1) is 0 Å². The molecule has 0 spiro atoms. The third kappa shape index (κ3) is 5.30. The highest BCUT2D eigenvalue weighted by Gasteiger charge is 2.11. The van der Waals surface area contributed by atoms with Gasteiger partial charge in [0.05, 0.1) is 12.2 Å². The molecule has 0 bridgehead atoms. The second-order valence-corrected chi connectivity index (χ2v) is 4.29. The predicted molar refractivity (Wildman–Crippen MR) is 78.8 cm³/mol. The quantitative estimate of drug-likeness (QED) is 0.715. The average Bonchev–Trinajstić information content (AvgIpc) is 2.46. The van der Waals surface area contributed by atoms with Crippen molar-refractivity contribution < 1.29 is 14.3 Å². The fourth-order valence-electron chi connectivity index (χ4n) is 1.69. The molecule has 110 valence electrons. The van der Waals surface area contributed by atoms with Crippen LogP contribution >= 0.6 is 0 Å². The Labute approximate surface area is 119 Å². The molecule has 1 rings (SSSR count). The summed E-state index contributed by atoms with van der Waals surface area (Å²) in [6.45, 7) is 5.29. The van der Waals surface area contributed by atoms with E-state index in [1.54, 1.807) is 25.1 Å². The molecule has 0 saturated carbocycles. The van der Waals surface area contributed by atoms with Gasteiger partial charge in [0.2, 0.25) is 5.91 Å². The second-order valence-electron chi connectivity index (χ2n) is 4.29. The summed E-state index contributed by atoms with van der Waals surface area (Å²) in [5, 5.41) is 5.90. The molecule has 0 aromatic heterocycles. The molecule has 0 aliphatic rings. The maximum absolute atomic E-state index is 11.8. The fourth-order valence-corrected chi connectivity index (χ4v) is 1.69. The Morgan fingerprint density at radius 2 is 1.90 bits per heavy atom. The molecule has 0 heterocycles. The van der Waals surface area contributed by atoms with Crippen molar-refractivity contribution in [3.63, 3.8) is 0 Å². The smallest absolute Gasteiger partial charge is 0.340 e. The highest BCUT2D eigenvalue weighted by Crippen LogP contribution is 2.16. The Bertz CT molecular complexity index is 446. The number of hydrogen-bond acceptors (Lipinski definition) is 4. The van der Waals surface area contributed by atoms with E-state index in [-0.39, 0.29) is 11.9 Å². The Morgan fingerprint density at radius 3 is 2.60 bits per heavy atom. The van der Waals surface area contributed by atoms with Crippen molar-refractivity contribution in [1.82, 2.24) is 5.32 Å². The first-order valence-electron chi connectivity index (χ1n) is 6.95. The minimum atomic E-state index is -0.356. The summed E-state index contributed by atoms with van der Waals surface area (Å²) in [4.78, 5) is 23.2. The zero-order valence-electron chi connectivity index (χ0n) is 12.1. The molecule has 5 nitrogen and oxygen atoms in total. The number of amides is 1. The van der Waals surface area contributed by atoms with Crippen LogP contribution in [0.5, 0.6) is 0 Å².